The molecule has 616 valence electrons. The maximum absolute atomic E-state index is 12.6. The molecule has 0 bridgehead atoms. The maximum atomic E-state index is 12.6. The summed E-state index contributed by atoms with van der Waals surface area (Å²) in [6.45, 7) is 21.1. The lowest BCUT2D eigenvalue weighted by Gasteiger charge is -2.37. The summed E-state index contributed by atoms with van der Waals surface area (Å²) in [6.07, 6.45) is 19.1. The minimum atomic E-state index is -0.688. The third-order valence-corrected chi connectivity index (χ3v) is 19.0. The van der Waals surface area contributed by atoms with Gasteiger partial charge in [-0.1, -0.05) is 11.6 Å². The zero-order valence-electron chi connectivity index (χ0n) is 65.3. The molecule has 42 heteroatoms. The summed E-state index contributed by atoms with van der Waals surface area (Å²) in [4.78, 5) is 67.9. The second-order valence-electron chi connectivity index (χ2n) is 25.0. The van der Waals surface area contributed by atoms with E-state index in [4.69, 9.17) is 83.7 Å². The Labute approximate surface area is 702 Å². The van der Waals surface area contributed by atoms with Gasteiger partial charge in [0.2, 0.25) is 0 Å². The van der Waals surface area contributed by atoms with Crippen LogP contribution >= 0.6 is 82.6 Å². The summed E-state index contributed by atoms with van der Waals surface area (Å²) in [5.74, 6) is 2.61. The Bertz CT molecular complexity index is 3350. The van der Waals surface area contributed by atoms with Crippen LogP contribution in [0.1, 0.15) is 96.1 Å². The predicted molar refractivity (Wildman–Crippen MR) is 450 cm³/mol. The van der Waals surface area contributed by atoms with Gasteiger partial charge in [-0.15, -0.1) is 23.2 Å². The normalized spacial score (nSPS) is 16.6. The quantitative estimate of drug-likeness (QED) is 0.00644. The van der Waals surface area contributed by atoms with Gasteiger partial charge >= 0.3 is 60.2 Å². The van der Waals surface area contributed by atoms with Crippen molar-refractivity contribution in [2.24, 2.45) is 0 Å². The number of aldehydes is 2. The van der Waals surface area contributed by atoms with Gasteiger partial charge in [-0.3, -0.25) is 9.59 Å². The van der Waals surface area contributed by atoms with Crippen LogP contribution in [0.2, 0.25) is 40.9 Å². The van der Waals surface area contributed by atoms with Crippen molar-refractivity contribution in [1.29, 1.82) is 15.8 Å². The number of nitrogens with zero attached hydrogens (tertiary/aromatic N) is 10. The predicted octanol–water partition coefficient (Wildman–Crippen LogP) is 6.81. The van der Waals surface area contributed by atoms with Crippen molar-refractivity contribution in [3.63, 3.8) is 0 Å². The zero-order chi connectivity index (χ0) is 84.7. The van der Waals surface area contributed by atoms with E-state index >= 15 is 0 Å². The topological polar surface area (TPSA) is 406 Å². The number of ether oxygens (including phenoxy) is 7. The number of aliphatic hydroxyl groups is 2. The molecule has 0 saturated carbocycles. The van der Waals surface area contributed by atoms with Gasteiger partial charge in [0.1, 0.15) is 71.8 Å². The first-order chi connectivity index (χ1) is 53.5. The molecule has 6 fully saturated rings. The molecule has 8 N–H and O–H groups in total. The van der Waals surface area contributed by atoms with E-state index in [9.17, 15) is 59.6 Å². The fraction of sp³-hybridized carbons (Fsp3) is 0.571. The van der Waals surface area contributed by atoms with Gasteiger partial charge in [-0.25, -0.2) is 14.4 Å². The van der Waals surface area contributed by atoms with Gasteiger partial charge in [0, 0.05) is 61.2 Å². The van der Waals surface area contributed by atoms with Crippen LogP contribution in [0.5, 0.6) is 11.5 Å². The Morgan fingerprint density at radius 2 is 0.857 bits per heavy atom. The minimum absolute atomic E-state index is 0.0684. The number of hydrogen-bond donors (Lipinski definition) is 8. The van der Waals surface area contributed by atoms with E-state index in [0.717, 1.165) is 133 Å². The van der Waals surface area contributed by atoms with Crippen molar-refractivity contribution in [3.05, 3.63) is 96.7 Å². The third kappa shape index (κ3) is 43.3. The molecule has 0 spiro atoms. The van der Waals surface area contributed by atoms with E-state index in [0.29, 0.717) is 73.5 Å². The molecule has 0 radical (unpaired) electrons. The van der Waals surface area contributed by atoms with Crippen LogP contribution in [0.4, 0.5) is 5.69 Å². The number of alkyl halides is 2. The number of piperidine rings is 5. The summed E-state index contributed by atoms with van der Waals surface area (Å²) in [6, 6.07) is 12.6. The minimum Gasteiger partial charge on any atom is -0.498 e. The van der Waals surface area contributed by atoms with Crippen molar-refractivity contribution < 1.29 is 97.5 Å². The number of rotatable bonds is 20. The number of hydrogen-bond acceptors (Lipinski definition) is 30. The summed E-state index contributed by atoms with van der Waals surface area (Å²) < 4.78 is 38.3. The molecular formula is C70H106B6Br3Cl3N10O20. The van der Waals surface area contributed by atoms with Crippen LogP contribution in [0.15, 0.2) is 74.5 Å². The number of carbonyl (C=O) groups excluding carboxylic acids is 5. The van der Waals surface area contributed by atoms with Crippen molar-refractivity contribution in [1.82, 2.24) is 28.9 Å². The van der Waals surface area contributed by atoms with Crippen molar-refractivity contribution in [2.75, 3.05) is 130 Å². The van der Waals surface area contributed by atoms with Crippen molar-refractivity contribution in [3.8, 4) is 41.5 Å². The number of allylic oxidation sites excluding steroid dienone is 4. The van der Waals surface area contributed by atoms with E-state index in [1.54, 1.807) is 65.4 Å². The maximum Gasteiger partial charge on any atom is 0.385 e. The third-order valence-electron chi connectivity index (χ3n) is 17.6. The fourth-order valence-corrected chi connectivity index (χ4v) is 12.3. The molecule has 0 aromatic heterocycles. The average molecular weight is 1820 g/mol. The van der Waals surface area contributed by atoms with Crippen molar-refractivity contribution in [2.45, 2.75) is 136 Å². The first-order valence-electron chi connectivity index (χ1n) is 36.1. The molecule has 0 atom stereocenters. The molecule has 8 rings (SSSR count). The lowest BCUT2D eigenvalue weighted by molar-refractivity contribution is -0.133. The van der Waals surface area contributed by atoms with E-state index in [2.05, 4.69) is 68.3 Å². The first-order valence-corrected chi connectivity index (χ1v) is 40.0. The summed E-state index contributed by atoms with van der Waals surface area (Å²) >= 11 is 24.2. The Kier molecular flexibility index (Phi) is 60.3. The number of nitriles is 3. The van der Waals surface area contributed by atoms with Crippen LogP contribution in [-0.2, 0) is 38.1 Å². The Balaban J connectivity index is 0.00000135. The smallest absolute Gasteiger partial charge is 0.385 e. The van der Waals surface area contributed by atoms with Gasteiger partial charge in [0.05, 0.1) is 65.5 Å². The Morgan fingerprint density at radius 1 is 0.518 bits per heavy atom. The number of benzene rings is 2. The molecule has 30 nitrogen and oxygen atoms in total. The van der Waals surface area contributed by atoms with E-state index in [-0.39, 0.29) is 79.3 Å². The molecule has 112 heavy (non-hydrogen) atoms. The molecule has 0 unspecified atom stereocenters. The highest BCUT2D eigenvalue weighted by Crippen LogP contribution is 2.35. The molecule has 2 aromatic rings. The first kappa shape index (κ1) is 106. The highest BCUT2D eigenvalue weighted by atomic mass is 79.9. The van der Waals surface area contributed by atoms with Gasteiger partial charge in [-0.2, -0.15) is 15.8 Å². The lowest BCUT2D eigenvalue weighted by atomic mass is 9.82. The van der Waals surface area contributed by atoms with E-state index in [1.165, 1.54) is 45.8 Å². The summed E-state index contributed by atoms with van der Waals surface area (Å²) in [7, 11) is 2.22. The Morgan fingerprint density at radius 3 is 1.17 bits per heavy atom. The second-order valence-corrected chi connectivity index (χ2v) is 29.7. The highest BCUT2D eigenvalue weighted by molar-refractivity contribution is 9.28. The van der Waals surface area contributed by atoms with Gasteiger partial charge < -0.3 is 107 Å². The van der Waals surface area contributed by atoms with Crippen LogP contribution in [0.3, 0.4) is 0 Å². The number of methoxy groups -OCH3 is 3. The van der Waals surface area contributed by atoms with Crippen LogP contribution in [0, 0.1) is 45.8 Å². The lowest BCUT2D eigenvalue weighted by Crippen LogP contribution is -2.51. The molecule has 2 aromatic carbocycles. The molecule has 6 saturated heterocycles. The number of piperazine rings is 1. The highest BCUT2D eigenvalue weighted by Gasteiger charge is 2.33. The molecular weight excluding hydrogens is 1710 g/mol. The van der Waals surface area contributed by atoms with Gasteiger partial charge in [-0.05, 0) is 261 Å². The van der Waals surface area contributed by atoms with Gasteiger partial charge in [0.15, 0.2) is 6.07 Å². The largest absolute Gasteiger partial charge is 0.498 e. The van der Waals surface area contributed by atoms with E-state index in [1.807, 2.05) is 60.2 Å². The van der Waals surface area contributed by atoms with Crippen LogP contribution in [-0.4, -0.2) is 298 Å². The average Bonchev–Trinajstić information content (AvgIpc) is 0.787. The van der Waals surface area contributed by atoms with Gasteiger partial charge in [0.25, 0.3) is 0 Å². The van der Waals surface area contributed by atoms with Crippen LogP contribution in [0.25, 0.3) is 0 Å². The van der Waals surface area contributed by atoms with E-state index < -0.39 is 39.1 Å². The fourth-order valence-electron chi connectivity index (χ4n) is 11.5. The monoisotopic (exact) mass is 1810 g/mol. The molecule has 0 aliphatic carbocycles. The number of carbonyl (C=O) groups is 5. The second kappa shape index (κ2) is 63.5. The standard InChI is InChI=1S/C20H30B2N4O5.C15H18BBrN2O4.C10H16BBr2NO2.C9H16BNO3.C6H14BNO2.C5H3NO2.C3H3ClO.CH2Cl2.CH4O/c1-21(28)25-8-6-15(7-9-25)31-18-5-4-17(16(14-23)19(18)20(27)30-3)24-10-12-26(13-11-24)22(2)29;1-16(21)19-7-5-10(6-8-19)23-13-4-3-12(17)11(9-18)14(13)15(20)22-2;1-11(15)14-6-4-9(5-7-14)16-8-2-3-10(12)13;1-10(13)11-5-3-9(4-6-11)14-8-2-7-12;1-7(10)8-4-2-6(9)3-5-8;1-8-5(7)3-2-4-6;4-2-1-3-5;2-1-3;1-2/h4-5,15,28-29H,6-13H2,1-3H3;3-4,10,21H,5-8H2,1-2H3;2-3,8-9,15H,4-7H2,1H3;2,7-9,13H,3-6H2,1H3;6,9-10H,2-5H2,1H3;1H3;1-3H;1H2;2H,1H3/b;;2*8-2+;;;2-1+;;. The number of halogens is 6. The number of aliphatic hydroxyl groups excluding tert-OH is 2. The molecule has 6 aliphatic heterocycles. The Hall–Kier alpha value is -5.68. The molecule has 0 amide bonds. The number of esters is 3. The SMILES string of the molecule is CB(O)N1CCC(O)CC1.CB(O)N1CCC(O/C=C/C=C(Br)Br)CC1.CB(O)N1CCC(O/C=C/C=O)CC1.CO.COC(=O)C#CC#N.COC(=O)c1c(OC2CCN(B(C)O)CC2)ccc(Br)c1C#N.COC(=O)c1c(OC2CCN(B(C)O)CC2)ccc(N2CCN(B(C)O)CC2)c1C#N.ClCCl.O=C/C=C/Cl. The van der Waals surface area contributed by atoms with Crippen LogP contribution < -0.4 is 14.4 Å². The summed E-state index contributed by atoms with van der Waals surface area (Å²) in [5, 5.41) is 100. The number of anilines is 1. The van der Waals surface area contributed by atoms with Crippen molar-refractivity contribution >= 4 is 161 Å². The zero-order valence-corrected chi connectivity index (χ0v) is 72.3. The summed E-state index contributed by atoms with van der Waals surface area (Å²) in [5.41, 5.74) is 2.57. The molecule has 6 heterocycles. The molecule has 6 aliphatic rings.